The van der Waals surface area contributed by atoms with Crippen molar-refractivity contribution in [3.63, 3.8) is 0 Å². The average Bonchev–Trinajstić information content (AvgIpc) is 3.40. The molecule has 4 rings (SSSR count). The van der Waals surface area contributed by atoms with Gasteiger partial charge in [0.2, 0.25) is 5.91 Å². The molecule has 1 N–H and O–H groups in total. The van der Waals surface area contributed by atoms with Crippen LogP contribution in [0.1, 0.15) is 6.42 Å². The summed E-state index contributed by atoms with van der Waals surface area (Å²) in [6, 6.07) is 7.46. The maximum absolute atomic E-state index is 12.4. The van der Waals surface area contributed by atoms with Crippen LogP contribution in [0, 0.1) is 0 Å². The van der Waals surface area contributed by atoms with Crippen molar-refractivity contribution in [2.45, 2.75) is 13.0 Å². The predicted molar refractivity (Wildman–Crippen MR) is 111 cm³/mol. The van der Waals surface area contributed by atoms with Crippen molar-refractivity contribution in [3.8, 4) is 10.6 Å². The second kappa shape index (κ2) is 7.47. The van der Waals surface area contributed by atoms with Crippen molar-refractivity contribution in [3.05, 3.63) is 63.0 Å². The summed E-state index contributed by atoms with van der Waals surface area (Å²) in [5, 5.41) is 5.68. The van der Waals surface area contributed by atoms with E-state index < -0.39 is 11.2 Å². The number of hydrogen-bond acceptors (Lipinski definition) is 6. The van der Waals surface area contributed by atoms with Gasteiger partial charge in [-0.2, -0.15) is 0 Å². The Hall–Kier alpha value is -3.53. The summed E-state index contributed by atoms with van der Waals surface area (Å²) in [6.07, 6.45) is 3.38. The molecule has 0 aliphatic carbocycles. The molecule has 9 nitrogen and oxygen atoms in total. The lowest BCUT2D eigenvalue weighted by atomic mass is 10.2. The maximum atomic E-state index is 12.4. The van der Waals surface area contributed by atoms with Gasteiger partial charge in [-0.3, -0.25) is 18.7 Å². The summed E-state index contributed by atoms with van der Waals surface area (Å²) < 4.78 is 3.95. The summed E-state index contributed by atoms with van der Waals surface area (Å²) in [7, 11) is 2.98. The second-order valence-electron chi connectivity index (χ2n) is 6.53. The topological polar surface area (TPSA) is 104 Å². The molecule has 1 amide bonds. The van der Waals surface area contributed by atoms with Gasteiger partial charge in [0.05, 0.1) is 6.33 Å². The Labute approximate surface area is 168 Å². The van der Waals surface area contributed by atoms with Crippen molar-refractivity contribution in [2.24, 2.45) is 14.1 Å². The number of thiazole rings is 1. The van der Waals surface area contributed by atoms with Crippen LogP contribution in [0.2, 0.25) is 0 Å². The van der Waals surface area contributed by atoms with Crippen LogP contribution >= 0.6 is 11.3 Å². The van der Waals surface area contributed by atoms with Crippen LogP contribution in [0.3, 0.4) is 0 Å². The van der Waals surface area contributed by atoms with Crippen LogP contribution in [0.5, 0.6) is 0 Å². The molecule has 0 atom stereocenters. The number of fused-ring (bicyclic) bond motifs is 1. The fraction of sp³-hybridized carbons (Fsp3) is 0.211. The number of benzene rings is 1. The van der Waals surface area contributed by atoms with Crippen LogP contribution in [0.25, 0.3) is 21.7 Å². The molecule has 3 heterocycles. The van der Waals surface area contributed by atoms with E-state index in [4.69, 9.17) is 0 Å². The quantitative estimate of drug-likeness (QED) is 0.538. The van der Waals surface area contributed by atoms with Crippen molar-refractivity contribution < 1.29 is 4.79 Å². The van der Waals surface area contributed by atoms with Crippen LogP contribution in [0.15, 0.2) is 51.8 Å². The lowest BCUT2D eigenvalue weighted by Crippen LogP contribution is -2.37. The first-order valence-corrected chi connectivity index (χ1v) is 9.74. The lowest BCUT2D eigenvalue weighted by molar-refractivity contribution is -0.116. The van der Waals surface area contributed by atoms with E-state index in [-0.39, 0.29) is 18.9 Å². The summed E-state index contributed by atoms with van der Waals surface area (Å²) in [5.41, 5.74) is 1.41. The summed E-state index contributed by atoms with van der Waals surface area (Å²) in [4.78, 5) is 45.2. The van der Waals surface area contributed by atoms with Crippen LogP contribution < -0.4 is 16.6 Å². The molecular weight excluding hydrogens is 392 g/mol. The number of nitrogens with one attached hydrogen (secondary N) is 1. The zero-order chi connectivity index (χ0) is 20.5. The molecule has 148 valence electrons. The van der Waals surface area contributed by atoms with Crippen LogP contribution in [0.4, 0.5) is 5.69 Å². The van der Waals surface area contributed by atoms with E-state index >= 15 is 0 Å². The van der Waals surface area contributed by atoms with Crippen LogP contribution in [-0.4, -0.2) is 29.6 Å². The van der Waals surface area contributed by atoms with E-state index in [0.717, 1.165) is 15.1 Å². The minimum Gasteiger partial charge on any atom is -0.326 e. The van der Waals surface area contributed by atoms with Crippen molar-refractivity contribution in [1.29, 1.82) is 0 Å². The zero-order valence-corrected chi connectivity index (χ0v) is 16.6. The molecule has 0 spiro atoms. The fourth-order valence-corrected chi connectivity index (χ4v) is 3.72. The van der Waals surface area contributed by atoms with Gasteiger partial charge in [0.25, 0.3) is 5.56 Å². The number of carbonyl (C=O) groups excluding carboxylic acids is 1. The Balaban J connectivity index is 1.46. The molecule has 0 unspecified atom stereocenters. The Morgan fingerprint density at radius 3 is 2.55 bits per heavy atom. The molecule has 3 aromatic heterocycles. The van der Waals surface area contributed by atoms with Crippen molar-refractivity contribution in [1.82, 2.24) is 23.7 Å². The molecule has 10 heteroatoms. The van der Waals surface area contributed by atoms with Gasteiger partial charge in [0.1, 0.15) is 5.01 Å². The summed E-state index contributed by atoms with van der Waals surface area (Å²) in [6.45, 7) is 0.271. The number of rotatable bonds is 5. The number of amides is 1. The minimum absolute atomic E-state index is 0.158. The first-order chi connectivity index (χ1) is 14.0. The normalized spacial score (nSPS) is 11.1. The smallest absolute Gasteiger partial charge is 0.326 e. The standard InChI is InChI=1S/C19H18N6O3S/c1-23-16-15(18(27)24(2)19(23)28)25(11-21-16)9-7-14(26)22-13-5-3-12(4-6-13)17-20-8-10-29-17/h3-6,8,10-11H,7,9H2,1-2H3,(H,22,26). The van der Waals surface area contributed by atoms with Gasteiger partial charge in [-0.15, -0.1) is 11.3 Å². The second-order valence-corrected chi connectivity index (χ2v) is 7.42. The first kappa shape index (κ1) is 18.8. The molecule has 0 saturated carbocycles. The highest BCUT2D eigenvalue weighted by Gasteiger charge is 2.15. The average molecular weight is 410 g/mol. The molecule has 0 radical (unpaired) electrons. The number of imidazole rings is 1. The Morgan fingerprint density at radius 1 is 1.10 bits per heavy atom. The zero-order valence-electron chi connectivity index (χ0n) is 15.8. The highest BCUT2D eigenvalue weighted by atomic mass is 32.1. The van der Waals surface area contributed by atoms with E-state index in [0.29, 0.717) is 16.9 Å². The Morgan fingerprint density at radius 2 is 1.86 bits per heavy atom. The number of anilines is 1. The molecular formula is C19H18N6O3S. The van der Waals surface area contributed by atoms with Gasteiger partial charge in [0, 0.05) is 49.9 Å². The highest BCUT2D eigenvalue weighted by Crippen LogP contribution is 2.23. The third-order valence-corrected chi connectivity index (χ3v) is 5.47. The Bertz CT molecular complexity index is 1300. The molecule has 0 bridgehead atoms. The largest absolute Gasteiger partial charge is 0.332 e. The number of aromatic nitrogens is 5. The fourth-order valence-electron chi connectivity index (χ4n) is 3.07. The van der Waals surface area contributed by atoms with E-state index in [1.54, 1.807) is 29.1 Å². The molecule has 0 aliphatic heterocycles. The molecule has 29 heavy (non-hydrogen) atoms. The molecule has 0 fully saturated rings. The van der Waals surface area contributed by atoms with Gasteiger partial charge >= 0.3 is 5.69 Å². The van der Waals surface area contributed by atoms with Gasteiger partial charge in [-0.25, -0.2) is 14.8 Å². The van der Waals surface area contributed by atoms with Gasteiger partial charge in [0.15, 0.2) is 11.2 Å². The number of carbonyl (C=O) groups is 1. The van der Waals surface area contributed by atoms with E-state index in [1.165, 1.54) is 17.9 Å². The molecule has 4 aromatic rings. The molecule has 0 aliphatic rings. The summed E-state index contributed by atoms with van der Waals surface area (Å²) in [5.74, 6) is -0.185. The summed E-state index contributed by atoms with van der Waals surface area (Å²) >= 11 is 1.55. The lowest BCUT2D eigenvalue weighted by Gasteiger charge is -2.08. The van der Waals surface area contributed by atoms with Crippen molar-refractivity contribution in [2.75, 3.05) is 5.32 Å². The highest BCUT2D eigenvalue weighted by molar-refractivity contribution is 7.13. The van der Waals surface area contributed by atoms with Gasteiger partial charge in [-0.05, 0) is 24.3 Å². The monoisotopic (exact) mass is 410 g/mol. The third kappa shape index (κ3) is 3.49. The van der Waals surface area contributed by atoms with Gasteiger partial charge in [-0.1, -0.05) is 0 Å². The van der Waals surface area contributed by atoms with Gasteiger partial charge < -0.3 is 9.88 Å². The number of nitrogens with zero attached hydrogens (tertiary/aromatic N) is 5. The number of aryl methyl sites for hydroxylation is 2. The third-order valence-electron chi connectivity index (χ3n) is 4.64. The van der Waals surface area contributed by atoms with Crippen molar-refractivity contribution >= 4 is 34.1 Å². The van der Waals surface area contributed by atoms with E-state index in [1.807, 2.05) is 29.6 Å². The first-order valence-electron chi connectivity index (χ1n) is 8.86. The molecule has 0 saturated heterocycles. The van der Waals surface area contributed by atoms with Crippen LogP contribution in [-0.2, 0) is 25.4 Å². The SMILES string of the molecule is Cn1c(=O)c2c(ncn2CCC(=O)Nc2ccc(-c3nccs3)cc2)n(C)c1=O. The molecule has 1 aromatic carbocycles. The maximum Gasteiger partial charge on any atom is 0.332 e. The minimum atomic E-state index is -0.438. The van der Waals surface area contributed by atoms with E-state index in [2.05, 4.69) is 15.3 Å². The number of hydrogen-bond donors (Lipinski definition) is 1. The van der Waals surface area contributed by atoms with E-state index in [9.17, 15) is 14.4 Å². The Kier molecular flexibility index (Phi) is 4.85. The predicted octanol–water partition coefficient (Wildman–Crippen LogP) is 1.59.